The Morgan fingerprint density at radius 3 is 2.75 bits per heavy atom. The van der Waals surface area contributed by atoms with Crippen molar-refractivity contribution in [3.05, 3.63) is 71.7 Å². The molecule has 1 fully saturated rings. The van der Waals surface area contributed by atoms with Gasteiger partial charge in [-0.3, -0.25) is 4.68 Å². The van der Waals surface area contributed by atoms with Crippen molar-refractivity contribution in [2.75, 3.05) is 0 Å². The van der Waals surface area contributed by atoms with E-state index in [4.69, 9.17) is 4.74 Å². The van der Waals surface area contributed by atoms with Gasteiger partial charge in [0.1, 0.15) is 17.5 Å². The third-order valence-corrected chi connectivity index (χ3v) is 6.88. The lowest BCUT2D eigenvalue weighted by Gasteiger charge is -2.26. The molecule has 1 saturated carbocycles. The van der Waals surface area contributed by atoms with Crippen LogP contribution in [0.2, 0.25) is 0 Å². The first kappa shape index (κ1) is 19.1. The van der Waals surface area contributed by atoms with Gasteiger partial charge in [0.2, 0.25) is 0 Å². The number of aryl methyl sites for hydroxylation is 1. The maximum Gasteiger partial charge on any atom is 0.124 e. The van der Waals surface area contributed by atoms with E-state index in [2.05, 4.69) is 45.3 Å². The second kappa shape index (κ2) is 7.83. The van der Waals surface area contributed by atoms with Gasteiger partial charge in [0.25, 0.3) is 0 Å². The highest BCUT2D eigenvalue weighted by Gasteiger charge is 2.23. The van der Waals surface area contributed by atoms with Crippen LogP contribution in [0.4, 0.5) is 0 Å². The number of aromatic nitrogens is 4. The quantitative estimate of drug-likeness (QED) is 0.424. The summed E-state index contributed by atoms with van der Waals surface area (Å²) in [5.41, 5.74) is 5.14. The molecule has 32 heavy (non-hydrogen) atoms. The number of nitriles is 1. The van der Waals surface area contributed by atoms with E-state index in [1.54, 1.807) is 0 Å². The predicted octanol–water partition coefficient (Wildman–Crippen LogP) is 5.67. The first-order valence-corrected chi connectivity index (χ1v) is 11.5. The molecular weight excluding hydrogens is 398 g/mol. The zero-order valence-corrected chi connectivity index (χ0v) is 17.9. The normalized spacial score (nSPS) is 18.5. The Bertz CT molecular complexity index is 1320. The van der Waals surface area contributed by atoms with Crippen LogP contribution in [0.5, 0.6) is 5.75 Å². The number of fused-ring (bicyclic) bond motifs is 2. The number of hydrogen-bond donors (Lipinski definition) is 0. The van der Waals surface area contributed by atoms with Crippen LogP contribution >= 0.6 is 0 Å². The van der Waals surface area contributed by atoms with E-state index >= 15 is 0 Å². The molecule has 0 N–H and O–H groups in total. The zero-order valence-electron chi connectivity index (χ0n) is 17.9. The van der Waals surface area contributed by atoms with E-state index in [9.17, 15) is 5.26 Å². The summed E-state index contributed by atoms with van der Waals surface area (Å²) in [7, 11) is 0. The second-order valence-corrected chi connectivity index (χ2v) is 8.92. The molecule has 6 nitrogen and oxygen atoms in total. The summed E-state index contributed by atoms with van der Waals surface area (Å²) in [5, 5.41) is 19.5. The first-order valence-electron chi connectivity index (χ1n) is 11.5. The van der Waals surface area contributed by atoms with Gasteiger partial charge >= 0.3 is 0 Å². The van der Waals surface area contributed by atoms with E-state index in [1.807, 2.05) is 35.3 Å². The molecular formula is C26H25N5O. The molecule has 2 aliphatic rings. The van der Waals surface area contributed by atoms with E-state index in [-0.39, 0.29) is 6.10 Å². The molecule has 0 radical (unpaired) electrons. The van der Waals surface area contributed by atoms with Gasteiger partial charge in [-0.05, 0) is 67.5 Å². The van der Waals surface area contributed by atoms with Gasteiger partial charge in [-0.15, -0.1) is 0 Å². The lowest BCUT2D eigenvalue weighted by molar-refractivity contribution is 0.183. The molecule has 0 spiro atoms. The van der Waals surface area contributed by atoms with Crippen molar-refractivity contribution < 1.29 is 4.74 Å². The van der Waals surface area contributed by atoms with E-state index in [0.29, 0.717) is 11.6 Å². The number of nitrogens with zero attached hydrogens (tertiary/aromatic N) is 5. The maximum atomic E-state index is 9.21. The van der Waals surface area contributed by atoms with Crippen LogP contribution in [0.25, 0.3) is 16.6 Å². The molecule has 2 aromatic heterocycles. The van der Waals surface area contributed by atoms with Gasteiger partial charge in [0.15, 0.2) is 0 Å². The van der Waals surface area contributed by atoms with Gasteiger partial charge in [0, 0.05) is 11.5 Å². The minimum absolute atomic E-state index is 0.00503. The third kappa shape index (κ3) is 3.34. The molecule has 160 valence electrons. The molecule has 2 aliphatic carbocycles. The Balaban J connectivity index is 1.30. The summed E-state index contributed by atoms with van der Waals surface area (Å²) in [6.07, 6.45) is 13.9. The van der Waals surface area contributed by atoms with E-state index in [1.165, 1.54) is 36.8 Å². The van der Waals surface area contributed by atoms with Crippen LogP contribution in [0.15, 0.2) is 55.0 Å². The molecule has 0 saturated heterocycles. The molecule has 2 heterocycles. The highest BCUT2D eigenvalue weighted by molar-refractivity contribution is 5.81. The average molecular weight is 424 g/mol. The number of hydrogen-bond acceptors (Lipinski definition) is 4. The molecule has 2 aromatic carbocycles. The summed E-state index contributed by atoms with van der Waals surface area (Å²) < 4.78 is 10.5. The third-order valence-electron chi connectivity index (χ3n) is 6.88. The first-order chi connectivity index (χ1) is 15.8. The van der Waals surface area contributed by atoms with Gasteiger partial charge in [-0.1, -0.05) is 18.9 Å². The van der Waals surface area contributed by atoms with Crippen molar-refractivity contribution in [2.24, 2.45) is 0 Å². The fourth-order valence-electron chi connectivity index (χ4n) is 5.21. The van der Waals surface area contributed by atoms with E-state index < -0.39 is 0 Å². The number of ether oxygens (including phenoxy) is 1. The van der Waals surface area contributed by atoms with Crippen molar-refractivity contribution in [3.63, 3.8) is 0 Å². The summed E-state index contributed by atoms with van der Waals surface area (Å²) in [4.78, 5) is 0. The van der Waals surface area contributed by atoms with Crippen LogP contribution in [0.1, 0.15) is 67.4 Å². The second-order valence-electron chi connectivity index (χ2n) is 8.92. The standard InChI is InChI=1S/C26H25N5O/c27-14-18-8-11-24-19(12-18)4-3-7-26(24)32-23-10-9-20-15-29-31(25(20)13-23)22-16-28-30(17-22)21-5-1-2-6-21/h8-13,15-17,21,26H,1-7H2/t26-/m1/s1. The van der Waals surface area contributed by atoms with Gasteiger partial charge < -0.3 is 4.74 Å². The zero-order chi connectivity index (χ0) is 21.5. The monoisotopic (exact) mass is 423 g/mol. The summed E-state index contributed by atoms with van der Waals surface area (Å²) >= 11 is 0. The van der Waals surface area contributed by atoms with Crippen molar-refractivity contribution in [1.82, 2.24) is 19.6 Å². The Morgan fingerprint density at radius 2 is 1.88 bits per heavy atom. The SMILES string of the molecule is N#Cc1ccc2c(c1)CCC[C@H]2Oc1ccc2cnn(-c3cnn(C4CCCC4)c3)c2c1. The molecule has 0 unspecified atom stereocenters. The van der Waals surface area contributed by atoms with Crippen LogP contribution in [0, 0.1) is 11.3 Å². The minimum atomic E-state index is 0.00503. The van der Waals surface area contributed by atoms with Gasteiger partial charge in [-0.25, -0.2) is 4.68 Å². The van der Waals surface area contributed by atoms with Crippen molar-refractivity contribution in [3.8, 4) is 17.5 Å². The Labute approximate surface area is 187 Å². The summed E-state index contributed by atoms with van der Waals surface area (Å²) in [5.74, 6) is 0.838. The Kier molecular flexibility index (Phi) is 4.68. The van der Waals surface area contributed by atoms with Crippen molar-refractivity contribution >= 4 is 10.9 Å². The average Bonchev–Trinajstić information content (AvgIpc) is 3.58. The summed E-state index contributed by atoms with van der Waals surface area (Å²) in [6.45, 7) is 0. The summed E-state index contributed by atoms with van der Waals surface area (Å²) in [6, 6.07) is 14.9. The molecule has 1 atom stereocenters. The lowest BCUT2D eigenvalue weighted by Crippen LogP contribution is -2.15. The van der Waals surface area contributed by atoms with Crippen molar-refractivity contribution in [1.29, 1.82) is 5.26 Å². The minimum Gasteiger partial charge on any atom is -0.486 e. The topological polar surface area (TPSA) is 68.7 Å². The maximum absolute atomic E-state index is 9.21. The van der Waals surface area contributed by atoms with Gasteiger partial charge in [0.05, 0.1) is 41.8 Å². The Morgan fingerprint density at radius 1 is 0.969 bits per heavy atom. The fourth-order valence-corrected chi connectivity index (χ4v) is 5.21. The fraction of sp³-hybridized carbons (Fsp3) is 0.346. The molecule has 4 aromatic rings. The van der Waals surface area contributed by atoms with Gasteiger partial charge in [-0.2, -0.15) is 15.5 Å². The molecule has 0 aliphatic heterocycles. The van der Waals surface area contributed by atoms with Crippen LogP contribution < -0.4 is 4.74 Å². The molecule has 0 amide bonds. The smallest absolute Gasteiger partial charge is 0.124 e. The predicted molar refractivity (Wildman–Crippen MR) is 122 cm³/mol. The van der Waals surface area contributed by atoms with E-state index in [0.717, 1.165) is 41.6 Å². The Hall–Kier alpha value is -3.59. The van der Waals surface area contributed by atoms with Crippen LogP contribution in [-0.4, -0.2) is 19.6 Å². The highest BCUT2D eigenvalue weighted by atomic mass is 16.5. The number of benzene rings is 2. The highest BCUT2D eigenvalue weighted by Crippen LogP contribution is 2.35. The van der Waals surface area contributed by atoms with Crippen LogP contribution in [-0.2, 0) is 6.42 Å². The van der Waals surface area contributed by atoms with Crippen molar-refractivity contribution in [2.45, 2.75) is 57.1 Å². The lowest BCUT2D eigenvalue weighted by atomic mass is 9.88. The number of rotatable bonds is 4. The molecule has 6 heteroatoms. The molecule has 0 bridgehead atoms. The largest absolute Gasteiger partial charge is 0.486 e. The molecule has 6 rings (SSSR count). The van der Waals surface area contributed by atoms with Crippen LogP contribution in [0.3, 0.4) is 0 Å².